The monoisotopic (exact) mass is 279 g/mol. The lowest BCUT2D eigenvalue weighted by Gasteiger charge is -2.17. The molecule has 0 spiro atoms. The molecule has 1 unspecified atom stereocenters. The number of nitrogens with one attached hydrogen (secondary N) is 3. The fourth-order valence-electron chi connectivity index (χ4n) is 1.72. The van der Waals surface area contributed by atoms with Gasteiger partial charge < -0.3 is 10.1 Å². The topological polar surface area (TPSA) is 96.5 Å². The summed E-state index contributed by atoms with van der Waals surface area (Å²) >= 11 is 0. The summed E-state index contributed by atoms with van der Waals surface area (Å²) in [6.45, 7) is 4.75. The molecule has 18 heavy (non-hydrogen) atoms. The Hall–Kier alpha value is -0.860. The van der Waals surface area contributed by atoms with Crippen molar-refractivity contribution in [1.29, 1.82) is 0 Å². The minimum atomic E-state index is -3.86. The standard InChI is InChI=1S/C10H21N3O4S/c1-8(2)17-10(14)13-18(15,16)12-9-5-3-4-6-11-7-9/h8-9,11-12H,3-7H2,1-2H3,(H,13,14). The molecule has 0 saturated carbocycles. The van der Waals surface area contributed by atoms with E-state index in [0.717, 1.165) is 25.8 Å². The molecule has 7 nitrogen and oxygen atoms in total. The van der Waals surface area contributed by atoms with Crippen LogP contribution >= 0.6 is 0 Å². The number of hydrogen-bond donors (Lipinski definition) is 3. The van der Waals surface area contributed by atoms with Gasteiger partial charge in [-0.05, 0) is 33.2 Å². The number of carbonyl (C=O) groups is 1. The van der Waals surface area contributed by atoms with E-state index >= 15 is 0 Å². The summed E-state index contributed by atoms with van der Waals surface area (Å²) in [5.74, 6) is 0. The van der Waals surface area contributed by atoms with Gasteiger partial charge in [0, 0.05) is 12.6 Å². The molecule has 0 aromatic rings. The molecule has 8 heteroatoms. The largest absolute Gasteiger partial charge is 0.446 e. The molecule has 1 rings (SSSR count). The van der Waals surface area contributed by atoms with E-state index in [2.05, 4.69) is 10.0 Å². The highest BCUT2D eigenvalue weighted by atomic mass is 32.2. The van der Waals surface area contributed by atoms with Crippen LogP contribution < -0.4 is 14.8 Å². The Balaban J connectivity index is 2.45. The summed E-state index contributed by atoms with van der Waals surface area (Å²) < 4.78 is 32.3. The van der Waals surface area contributed by atoms with Gasteiger partial charge >= 0.3 is 16.3 Å². The molecule has 106 valence electrons. The van der Waals surface area contributed by atoms with Gasteiger partial charge in [0.25, 0.3) is 0 Å². The zero-order valence-electron chi connectivity index (χ0n) is 10.7. The van der Waals surface area contributed by atoms with Crippen LogP contribution in [-0.4, -0.2) is 39.7 Å². The fraction of sp³-hybridized carbons (Fsp3) is 0.900. The van der Waals surface area contributed by atoms with Crippen LogP contribution in [0.5, 0.6) is 0 Å². The lowest BCUT2D eigenvalue weighted by molar-refractivity contribution is 0.121. The second-order valence-corrected chi connectivity index (χ2v) is 6.02. The molecule has 0 aromatic heterocycles. The Morgan fingerprint density at radius 1 is 1.39 bits per heavy atom. The fourth-order valence-corrected chi connectivity index (χ4v) is 2.68. The maximum atomic E-state index is 11.7. The van der Waals surface area contributed by atoms with Crippen LogP contribution in [-0.2, 0) is 14.9 Å². The number of rotatable bonds is 4. The number of carbonyl (C=O) groups excluding carboxylic acids is 1. The summed E-state index contributed by atoms with van der Waals surface area (Å²) in [6, 6.07) is -0.197. The van der Waals surface area contributed by atoms with Gasteiger partial charge in [0.1, 0.15) is 0 Å². The Morgan fingerprint density at radius 3 is 2.78 bits per heavy atom. The summed E-state index contributed by atoms with van der Waals surface area (Å²) in [5, 5.41) is 3.13. The zero-order chi connectivity index (χ0) is 13.6. The first-order chi connectivity index (χ1) is 8.39. The molecular formula is C10H21N3O4S. The molecule has 1 aliphatic rings. The van der Waals surface area contributed by atoms with Crippen molar-refractivity contribution in [3.8, 4) is 0 Å². The normalized spacial score (nSPS) is 21.4. The third kappa shape index (κ3) is 6.18. The summed E-state index contributed by atoms with van der Waals surface area (Å²) in [5.41, 5.74) is 0. The van der Waals surface area contributed by atoms with Crippen molar-refractivity contribution in [2.75, 3.05) is 13.1 Å². The molecule has 3 N–H and O–H groups in total. The lowest BCUT2D eigenvalue weighted by Crippen LogP contribution is -2.48. The maximum Gasteiger partial charge on any atom is 0.422 e. The second-order valence-electron chi connectivity index (χ2n) is 4.57. The Bertz CT molecular complexity index is 361. The van der Waals surface area contributed by atoms with E-state index in [1.165, 1.54) is 0 Å². The molecule has 1 aliphatic heterocycles. The van der Waals surface area contributed by atoms with Crippen molar-refractivity contribution in [3.63, 3.8) is 0 Å². The maximum absolute atomic E-state index is 11.7. The minimum Gasteiger partial charge on any atom is -0.446 e. The predicted molar refractivity (Wildman–Crippen MR) is 67.3 cm³/mol. The average molecular weight is 279 g/mol. The van der Waals surface area contributed by atoms with Crippen LogP contribution in [0.25, 0.3) is 0 Å². The van der Waals surface area contributed by atoms with Crippen molar-refractivity contribution < 1.29 is 17.9 Å². The average Bonchev–Trinajstić information content (AvgIpc) is 2.42. The molecule has 0 aliphatic carbocycles. The summed E-state index contributed by atoms with van der Waals surface area (Å²) in [6.07, 6.45) is 1.42. The molecule has 1 atom stereocenters. The van der Waals surface area contributed by atoms with Gasteiger partial charge in [0.05, 0.1) is 6.10 Å². The number of amides is 1. The van der Waals surface area contributed by atoms with Crippen molar-refractivity contribution in [2.24, 2.45) is 0 Å². The van der Waals surface area contributed by atoms with Gasteiger partial charge in [-0.15, -0.1) is 0 Å². The van der Waals surface area contributed by atoms with E-state index in [0.29, 0.717) is 6.54 Å². The molecule has 0 aromatic carbocycles. The van der Waals surface area contributed by atoms with E-state index in [9.17, 15) is 13.2 Å². The molecular weight excluding hydrogens is 258 g/mol. The predicted octanol–water partition coefficient (Wildman–Crippen LogP) is 0.0975. The molecule has 0 radical (unpaired) electrons. The smallest absolute Gasteiger partial charge is 0.422 e. The van der Waals surface area contributed by atoms with Crippen molar-refractivity contribution in [3.05, 3.63) is 0 Å². The SMILES string of the molecule is CC(C)OC(=O)NS(=O)(=O)NC1CCCCNC1. The van der Waals surface area contributed by atoms with Crippen molar-refractivity contribution >= 4 is 16.3 Å². The van der Waals surface area contributed by atoms with Crippen LogP contribution in [0.2, 0.25) is 0 Å². The molecule has 1 saturated heterocycles. The van der Waals surface area contributed by atoms with Crippen molar-refractivity contribution in [1.82, 2.24) is 14.8 Å². The van der Waals surface area contributed by atoms with Gasteiger partial charge in [-0.2, -0.15) is 13.1 Å². The molecule has 1 fully saturated rings. The van der Waals surface area contributed by atoms with Gasteiger partial charge in [-0.25, -0.2) is 9.52 Å². The van der Waals surface area contributed by atoms with Crippen LogP contribution in [0.4, 0.5) is 4.79 Å². The third-order valence-electron chi connectivity index (χ3n) is 2.43. The van der Waals surface area contributed by atoms with E-state index in [4.69, 9.17) is 4.74 Å². The first-order valence-electron chi connectivity index (χ1n) is 6.10. The summed E-state index contributed by atoms with van der Waals surface area (Å²) in [7, 11) is -3.86. The third-order valence-corrected chi connectivity index (χ3v) is 3.51. The van der Waals surface area contributed by atoms with Gasteiger partial charge in [-0.3, -0.25) is 0 Å². The van der Waals surface area contributed by atoms with E-state index in [1.54, 1.807) is 13.8 Å². The van der Waals surface area contributed by atoms with Crippen LogP contribution in [0.1, 0.15) is 33.1 Å². The minimum absolute atomic E-state index is 0.197. The van der Waals surface area contributed by atoms with Crippen LogP contribution in [0.15, 0.2) is 0 Å². The first kappa shape index (κ1) is 15.2. The highest BCUT2D eigenvalue weighted by Crippen LogP contribution is 2.04. The zero-order valence-corrected chi connectivity index (χ0v) is 11.5. The second kappa shape index (κ2) is 6.91. The number of hydrogen-bond acceptors (Lipinski definition) is 5. The van der Waals surface area contributed by atoms with E-state index in [1.807, 2.05) is 4.72 Å². The molecule has 1 amide bonds. The van der Waals surface area contributed by atoms with Crippen molar-refractivity contribution in [2.45, 2.75) is 45.3 Å². The van der Waals surface area contributed by atoms with Gasteiger partial charge in [-0.1, -0.05) is 6.42 Å². The Morgan fingerprint density at radius 2 is 2.11 bits per heavy atom. The van der Waals surface area contributed by atoms with E-state index in [-0.39, 0.29) is 12.1 Å². The van der Waals surface area contributed by atoms with Gasteiger partial charge in [0.2, 0.25) is 0 Å². The van der Waals surface area contributed by atoms with Crippen LogP contribution in [0, 0.1) is 0 Å². The summed E-state index contributed by atoms with van der Waals surface area (Å²) in [4.78, 5) is 11.2. The molecule has 0 bridgehead atoms. The Kier molecular flexibility index (Phi) is 5.83. The highest BCUT2D eigenvalue weighted by molar-refractivity contribution is 7.88. The highest BCUT2D eigenvalue weighted by Gasteiger charge is 2.21. The molecule has 1 heterocycles. The first-order valence-corrected chi connectivity index (χ1v) is 7.59. The Labute approximate surface area is 108 Å². The van der Waals surface area contributed by atoms with Crippen LogP contribution in [0.3, 0.4) is 0 Å². The number of ether oxygens (including phenoxy) is 1. The van der Waals surface area contributed by atoms with E-state index < -0.39 is 16.3 Å². The van der Waals surface area contributed by atoms with Gasteiger partial charge in [0.15, 0.2) is 0 Å². The lowest BCUT2D eigenvalue weighted by atomic mass is 10.2. The quantitative estimate of drug-likeness (QED) is 0.678.